The van der Waals surface area contributed by atoms with E-state index in [1.165, 1.54) is 4.90 Å². The molecule has 1 saturated heterocycles. The molecule has 0 unspecified atom stereocenters. The van der Waals surface area contributed by atoms with E-state index >= 15 is 0 Å². The van der Waals surface area contributed by atoms with Crippen LogP contribution in [0.25, 0.3) is 0 Å². The van der Waals surface area contributed by atoms with Crippen molar-refractivity contribution in [3.63, 3.8) is 0 Å². The SMILES string of the molecule is C[C@H](N)C(=O)N1CCNC(=O)C1. The van der Waals surface area contributed by atoms with Crippen LogP contribution in [0.2, 0.25) is 0 Å². The summed E-state index contributed by atoms with van der Waals surface area (Å²) < 4.78 is 0. The molecular weight excluding hydrogens is 158 g/mol. The van der Waals surface area contributed by atoms with E-state index < -0.39 is 6.04 Å². The van der Waals surface area contributed by atoms with Crippen LogP contribution in [0, 0.1) is 0 Å². The van der Waals surface area contributed by atoms with Gasteiger partial charge in [0.05, 0.1) is 12.6 Å². The number of carbonyl (C=O) groups excluding carboxylic acids is 2. The molecule has 5 nitrogen and oxygen atoms in total. The monoisotopic (exact) mass is 171 g/mol. The van der Waals surface area contributed by atoms with Gasteiger partial charge in [-0.3, -0.25) is 9.59 Å². The van der Waals surface area contributed by atoms with Crippen LogP contribution in [0.4, 0.5) is 0 Å². The van der Waals surface area contributed by atoms with Gasteiger partial charge in [-0.05, 0) is 6.92 Å². The van der Waals surface area contributed by atoms with Crippen LogP contribution in [0.3, 0.4) is 0 Å². The third-order valence-electron chi connectivity index (χ3n) is 1.74. The standard InChI is InChI=1S/C7H13N3O2/c1-5(8)7(12)10-3-2-9-6(11)4-10/h5H,2-4,8H2,1H3,(H,9,11)/t5-/m0/s1. The first-order valence-corrected chi connectivity index (χ1v) is 3.92. The molecule has 1 aliphatic heterocycles. The van der Waals surface area contributed by atoms with Crippen LogP contribution in [-0.2, 0) is 9.59 Å². The van der Waals surface area contributed by atoms with Gasteiger partial charge in [-0.15, -0.1) is 0 Å². The summed E-state index contributed by atoms with van der Waals surface area (Å²) in [7, 11) is 0. The fourth-order valence-electron chi connectivity index (χ4n) is 1.11. The molecule has 0 radical (unpaired) electrons. The van der Waals surface area contributed by atoms with Crippen molar-refractivity contribution in [3.05, 3.63) is 0 Å². The number of hydrogen-bond donors (Lipinski definition) is 2. The van der Waals surface area contributed by atoms with Crippen molar-refractivity contribution in [3.8, 4) is 0 Å². The minimum absolute atomic E-state index is 0.116. The topological polar surface area (TPSA) is 75.4 Å². The number of piperazine rings is 1. The number of nitrogens with two attached hydrogens (primary N) is 1. The fourth-order valence-corrected chi connectivity index (χ4v) is 1.11. The van der Waals surface area contributed by atoms with E-state index in [-0.39, 0.29) is 18.4 Å². The summed E-state index contributed by atoms with van der Waals surface area (Å²) in [6.45, 7) is 2.85. The van der Waals surface area contributed by atoms with E-state index in [9.17, 15) is 9.59 Å². The Kier molecular flexibility index (Phi) is 2.65. The van der Waals surface area contributed by atoms with Crippen LogP contribution in [0.15, 0.2) is 0 Å². The first-order valence-electron chi connectivity index (χ1n) is 3.92. The molecule has 5 heteroatoms. The first-order chi connectivity index (χ1) is 5.61. The van der Waals surface area contributed by atoms with E-state index in [1.54, 1.807) is 6.92 Å². The largest absolute Gasteiger partial charge is 0.353 e. The molecule has 1 atom stereocenters. The summed E-state index contributed by atoms with van der Waals surface area (Å²) in [5.74, 6) is -0.278. The Hall–Kier alpha value is -1.10. The van der Waals surface area contributed by atoms with E-state index in [0.717, 1.165) is 0 Å². The summed E-state index contributed by atoms with van der Waals surface area (Å²) in [5, 5.41) is 2.63. The van der Waals surface area contributed by atoms with Gasteiger partial charge in [0.1, 0.15) is 0 Å². The predicted octanol–water partition coefficient (Wildman–Crippen LogP) is -1.71. The Labute approximate surface area is 70.9 Å². The van der Waals surface area contributed by atoms with Gasteiger partial charge >= 0.3 is 0 Å². The van der Waals surface area contributed by atoms with Crippen molar-refractivity contribution in [2.75, 3.05) is 19.6 Å². The molecule has 0 aromatic rings. The minimum atomic E-state index is -0.518. The zero-order valence-electron chi connectivity index (χ0n) is 7.04. The lowest BCUT2D eigenvalue weighted by atomic mass is 10.2. The van der Waals surface area contributed by atoms with Crippen LogP contribution in [0.5, 0.6) is 0 Å². The molecule has 12 heavy (non-hydrogen) atoms. The molecule has 1 rings (SSSR count). The number of nitrogens with zero attached hydrogens (tertiary/aromatic N) is 1. The third kappa shape index (κ3) is 1.94. The average molecular weight is 171 g/mol. The normalized spacial score (nSPS) is 20.2. The Morgan fingerprint density at radius 1 is 1.75 bits per heavy atom. The van der Waals surface area contributed by atoms with Gasteiger partial charge in [0.25, 0.3) is 0 Å². The summed E-state index contributed by atoms with van der Waals surface area (Å²) in [6, 6.07) is -0.518. The molecule has 0 bridgehead atoms. The van der Waals surface area contributed by atoms with Crippen molar-refractivity contribution in [1.29, 1.82) is 0 Å². The zero-order chi connectivity index (χ0) is 9.14. The molecule has 0 aromatic carbocycles. The van der Waals surface area contributed by atoms with Crippen molar-refractivity contribution in [1.82, 2.24) is 10.2 Å². The number of amides is 2. The highest BCUT2D eigenvalue weighted by atomic mass is 16.2. The lowest BCUT2D eigenvalue weighted by Gasteiger charge is -2.27. The molecule has 1 heterocycles. The molecule has 3 N–H and O–H groups in total. The molecular formula is C7H13N3O2. The Morgan fingerprint density at radius 2 is 2.42 bits per heavy atom. The van der Waals surface area contributed by atoms with Gasteiger partial charge in [-0.2, -0.15) is 0 Å². The van der Waals surface area contributed by atoms with Gasteiger partial charge in [-0.1, -0.05) is 0 Å². The number of nitrogens with one attached hydrogen (secondary N) is 1. The van der Waals surface area contributed by atoms with Crippen LogP contribution >= 0.6 is 0 Å². The highest BCUT2D eigenvalue weighted by Crippen LogP contribution is 1.96. The average Bonchev–Trinajstić information content (AvgIpc) is 2.03. The van der Waals surface area contributed by atoms with E-state index in [1.807, 2.05) is 0 Å². The minimum Gasteiger partial charge on any atom is -0.353 e. The van der Waals surface area contributed by atoms with Crippen molar-refractivity contribution >= 4 is 11.8 Å². The molecule has 68 valence electrons. The summed E-state index contributed by atoms with van der Waals surface area (Å²) in [5.41, 5.74) is 5.39. The van der Waals surface area contributed by atoms with E-state index in [4.69, 9.17) is 5.73 Å². The van der Waals surface area contributed by atoms with Crippen molar-refractivity contribution in [2.24, 2.45) is 5.73 Å². The zero-order valence-corrected chi connectivity index (χ0v) is 7.04. The van der Waals surface area contributed by atoms with Gasteiger partial charge in [0, 0.05) is 13.1 Å². The van der Waals surface area contributed by atoms with Crippen LogP contribution in [0.1, 0.15) is 6.92 Å². The Bertz CT molecular complexity index is 203. The third-order valence-corrected chi connectivity index (χ3v) is 1.74. The fraction of sp³-hybridized carbons (Fsp3) is 0.714. The van der Waals surface area contributed by atoms with E-state index in [0.29, 0.717) is 13.1 Å². The second kappa shape index (κ2) is 3.53. The number of rotatable bonds is 1. The van der Waals surface area contributed by atoms with Crippen LogP contribution in [-0.4, -0.2) is 42.4 Å². The van der Waals surface area contributed by atoms with Gasteiger partial charge in [0.2, 0.25) is 11.8 Å². The Morgan fingerprint density at radius 3 is 2.92 bits per heavy atom. The van der Waals surface area contributed by atoms with Crippen molar-refractivity contribution < 1.29 is 9.59 Å². The number of carbonyl (C=O) groups is 2. The van der Waals surface area contributed by atoms with Gasteiger partial charge < -0.3 is 16.0 Å². The maximum atomic E-state index is 11.3. The molecule has 0 aliphatic carbocycles. The summed E-state index contributed by atoms with van der Waals surface area (Å²) in [4.78, 5) is 23.6. The van der Waals surface area contributed by atoms with Crippen molar-refractivity contribution in [2.45, 2.75) is 13.0 Å². The lowest BCUT2D eigenvalue weighted by Crippen LogP contribution is -2.53. The first kappa shape index (κ1) is 8.99. The lowest BCUT2D eigenvalue weighted by molar-refractivity contribution is -0.138. The number of hydrogen-bond acceptors (Lipinski definition) is 3. The maximum absolute atomic E-state index is 11.3. The Balaban J connectivity index is 2.51. The molecule has 0 spiro atoms. The predicted molar refractivity (Wildman–Crippen MR) is 43.2 cm³/mol. The molecule has 2 amide bonds. The second-order valence-corrected chi connectivity index (χ2v) is 2.90. The highest BCUT2D eigenvalue weighted by Gasteiger charge is 2.22. The molecule has 0 aromatic heterocycles. The maximum Gasteiger partial charge on any atom is 0.239 e. The summed E-state index contributed by atoms with van der Waals surface area (Å²) >= 11 is 0. The van der Waals surface area contributed by atoms with E-state index in [2.05, 4.69) is 5.32 Å². The van der Waals surface area contributed by atoms with Gasteiger partial charge in [0.15, 0.2) is 0 Å². The molecule has 1 fully saturated rings. The summed E-state index contributed by atoms with van der Waals surface area (Å²) in [6.07, 6.45) is 0. The quantitative estimate of drug-likeness (QED) is 0.493. The second-order valence-electron chi connectivity index (χ2n) is 2.90. The molecule has 1 aliphatic rings. The highest BCUT2D eigenvalue weighted by molar-refractivity contribution is 5.88. The van der Waals surface area contributed by atoms with Crippen LogP contribution < -0.4 is 11.1 Å². The van der Waals surface area contributed by atoms with Gasteiger partial charge in [-0.25, -0.2) is 0 Å². The molecule has 0 saturated carbocycles. The smallest absolute Gasteiger partial charge is 0.239 e.